The van der Waals surface area contributed by atoms with Crippen molar-refractivity contribution in [2.45, 2.75) is 59.3 Å². The van der Waals surface area contributed by atoms with Crippen molar-refractivity contribution in [3.05, 3.63) is 64.8 Å². The maximum Gasteiger partial charge on any atom is 2.00 e. The summed E-state index contributed by atoms with van der Waals surface area (Å²) < 4.78 is 0. The monoisotopic (exact) mass is 466 g/mol. The van der Waals surface area contributed by atoms with Crippen molar-refractivity contribution in [3.8, 4) is 0 Å². The van der Waals surface area contributed by atoms with Crippen LogP contribution in [0.25, 0.3) is 6.08 Å². The molecule has 0 amide bonds. The van der Waals surface area contributed by atoms with Gasteiger partial charge in [-0.2, -0.15) is 0 Å². The van der Waals surface area contributed by atoms with Crippen molar-refractivity contribution in [2.75, 3.05) is 0 Å². The largest absolute Gasteiger partial charge is 2.00 e. The first kappa shape index (κ1) is 25.9. The first-order valence-corrected chi connectivity index (χ1v) is 9.21. The van der Waals surface area contributed by atoms with E-state index in [0.717, 1.165) is 0 Å². The van der Waals surface area contributed by atoms with Gasteiger partial charge in [0, 0.05) is 11.8 Å². The number of benzene rings is 1. The predicted octanol–water partition coefficient (Wildman–Crippen LogP) is 0.612. The molecule has 0 nitrogen and oxygen atoms in total. The number of fused-ring (bicyclic) bond motifs is 1. The third-order valence-electron chi connectivity index (χ3n) is 5.82. The maximum absolute atomic E-state index is 2.46. The van der Waals surface area contributed by atoms with Gasteiger partial charge in [-0.25, -0.2) is 0 Å². The zero-order valence-corrected chi connectivity index (χ0v) is 20.3. The quantitative estimate of drug-likeness (QED) is 0.537. The molecule has 1 aromatic carbocycles. The molecule has 0 saturated heterocycles. The number of hydrogen-bond acceptors (Lipinski definition) is 0. The first-order valence-electron chi connectivity index (χ1n) is 9.21. The van der Waals surface area contributed by atoms with E-state index in [9.17, 15) is 0 Å². The summed E-state index contributed by atoms with van der Waals surface area (Å²) in [4.78, 5) is 0. The third kappa shape index (κ3) is 5.03. The SMILES string of the molecule is CCCCCc1ccc(C)c2c1C(C(C)(C)C1C=CC=C1)C=C2.[Cl-].[Cl-].[Zr+2]. The number of halogens is 2. The van der Waals surface area contributed by atoms with Gasteiger partial charge in [-0.3, -0.25) is 0 Å². The maximum atomic E-state index is 2.46. The first-order chi connectivity index (χ1) is 11.1. The van der Waals surface area contributed by atoms with Crippen LogP contribution in [-0.4, -0.2) is 0 Å². The Morgan fingerprint density at radius 2 is 1.62 bits per heavy atom. The van der Waals surface area contributed by atoms with E-state index in [2.05, 4.69) is 76.3 Å². The fraction of sp³-hybridized carbons (Fsp3) is 0.478. The standard InChI is InChI=1S/C23H30.2ClH.Zr/c1-5-6-7-10-18-14-13-17(2)20-15-16-21(22(18)20)23(3,4)19-11-8-9-12-19;;;/h8-9,11-16,19,21H,5-7,10H2,1-4H3;2*1H;/q;;;+2/p-2. The molecular formula is C23H30Cl2Zr. The molecule has 140 valence electrons. The van der Waals surface area contributed by atoms with Crippen molar-refractivity contribution < 1.29 is 51.0 Å². The molecule has 0 aliphatic heterocycles. The third-order valence-corrected chi connectivity index (χ3v) is 5.82. The summed E-state index contributed by atoms with van der Waals surface area (Å²) in [5.41, 5.74) is 6.32. The zero-order chi connectivity index (χ0) is 16.4. The number of hydrogen-bond donors (Lipinski definition) is 0. The Kier molecular flexibility index (Phi) is 11.0. The fourth-order valence-electron chi connectivity index (χ4n) is 4.21. The Morgan fingerprint density at radius 3 is 2.23 bits per heavy atom. The van der Waals surface area contributed by atoms with Gasteiger partial charge in [-0.1, -0.05) is 82.2 Å². The summed E-state index contributed by atoms with van der Waals surface area (Å²) >= 11 is 0. The van der Waals surface area contributed by atoms with Crippen molar-refractivity contribution in [1.82, 2.24) is 0 Å². The number of unbranched alkanes of at least 4 members (excludes halogenated alkanes) is 2. The van der Waals surface area contributed by atoms with Crippen LogP contribution in [0.5, 0.6) is 0 Å². The Hall–Kier alpha value is -0.0969. The summed E-state index contributed by atoms with van der Waals surface area (Å²) in [6.45, 7) is 9.40. The minimum atomic E-state index is 0. The topological polar surface area (TPSA) is 0 Å². The molecule has 0 saturated carbocycles. The van der Waals surface area contributed by atoms with Crippen LogP contribution in [0.3, 0.4) is 0 Å². The zero-order valence-electron chi connectivity index (χ0n) is 16.4. The van der Waals surface area contributed by atoms with E-state index in [1.54, 1.807) is 11.1 Å². The van der Waals surface area contributed by atoms with E-state index in [-0.39, 0.29) is 56.4 Å². The van der Waals surface area contributed by atoms with E-state index in [4.69, 9.17) is 0 Å². The average Bonchev–Trinajstić information content (AvgIpc) is 3.20. The average molecular weight is 469 g/mol. The molecule has 2 aliphatic rings. The Morgan fingerprint density at radius 1 is 0.962 bits per heavy atom. The van der Waals surface area contributed by atoms with Gasteiger partial charge in [-0.05, 0) is 47.4 Å². The molecule has 26 heavy (non-hydrogen) atoms. The van der Waals surface area contributed by atoms with Gasteiger partial charge in [0.1, 0.15) is 0 Å². The van der Waals surface area contributed by atoms with Crippen LogP contribution < -0.4 is 24.8 Å². The van der Waals surface area contributed by atoms with Gasteiger partial charge in [0.2, 0.25) is 0 Å². The van der Waals surface area contributed by atoms with Crippen LogP contribution in [0, 0.1) is 18.3 Å². The van der Waals surface area contributed by atoms with E-state index in [0.29, 0.717) is 11.8 Å². The van der Waals surface area contributed by atoms with Crippen LogP contribution in [0.1, 0.15) is 68.2 Å². The van der Waals surface area contributed by atoms with Gasteiger partial charge >= 0.3 is 26.2 Å². The summed E-state index contributed by atoms with van der Waals surface area (Å²) in [7, 11) is 0. The Bertz CT molecular complexity index is 659. The molecule has 1 unspecified atom stereocenters. The van der Waals surface area contributed by atoms with Gasteiger partial charge in [0.25, 0.3) is 0 Å². The minimum Gasteiger partial charge on any atom is -1.00 e. The normalized spacial score (nSPS) is 17.5. The summed E-state index contributed by atoms with van der Waals surface area (Å²) in [6.07, 6.45) is 19.1. The molecule has 1 atom stereocenters. The van der Waals surface area contributed by atoms with Crippen molar-refractivity contribution >= 4 is 6.08 Å². The number of allylic oxidation sites excluding steroid dienone is 5. The Balaban J connectivity index is 0.00000208. The molecule has 0 aromatic heterocycles. The molecule has 0 spiro atoms. The molecule has 1 aromatic rings. The summed E-state index contributed by atoms with van der Waals surface area (Å²) in [5, 5.41) is 0. The summed E-state index contributed by atoms with van der Waals surface area (Å²) in [6, 6.07) is 4.70. The van der Waals surface area contributed by atoms with E-state index in [1.165, 1.54) is 36.8 Å². The van der Waals surface area contributed by atoms with Gasteiger partial charge in [0.05, 0.1) is 0 Å². The van der Waals surface area contributed by atoms with Crippen molar-refractivity contribution in [1.29, 1.82) is 0 Å². The molecule has 0 radical (unpaired) electrons. The molecule has 3 rings (SSSR count). The Labute approximate surface area is 191 Å². The molecule has 0 N–H and O–H groups in total. The smallest absolute Gasteiger partial charge is 1.00 e. The second kappa shape index (κ2) is 11.0. The number of aryl methyl sites for hydroxylation is 2. The van der Waals surface area contributed by atoms with E-state index < -0.39 is 0 Å². The van der Waals surface area contributed by atoms with E-state index in [1.807, 2.05) is 0 Å². The molecule has 0 heterocycles. The van der Waals surface area contributed by atoms with Crippen LogP contribution in [0.15, 0.2) is 42.5 Å². The second-order valence-electron chi connectivity index (χ2n) is 7.78. The number of rotatable bonds is 6. The van der Waals surface area contributed by atoms with Crippen LogP contribution in [0.2, 0.25) is 0 Å². The summed E-state index contributed by atoms with van der Waals surface area (Å²) in [5.74, 6) is 1.05. The minimum absolute atomic E-state index is 0. The van der Waals surface area contributed by atoms with Gasteiger partial charge in [-0.15, -0.1) is 0 Å². The molecular weight excluding hydrogens is 438 g/mol. The van der Waals surface area contributed by atoms with Crippen LogP contribution >= 0.6 is 0 Å². The fourth-order valence-corrected chi connectivity index (χ4v) is 4.21. The molecule has 0 fully saturated rings. The molecule has 2 aliphatic carbocycles. The van der Waals surface area contributed by atoms with Crippen LogP contribution in [-0.2, 0) is 32.6 Å². The predicted molar refractivity (Wildman–Crippen MR) is 102 cm³/mol. The van der Waals surface area contributed by atoms with Crippen molar-refractivity contribution in [3.63, 3.8) is 0 Å². The second-order valence-corrected chi connectivity index (χ2v) is 7.78. The molecule has 0 bridgehead atoms. The van der Waals surface area contributed by atoms with Gasteiger partial charge in [0.15, 0.2) is 0 Å². The van der Waals surface area contributed by atoms with Crippen molar-refractivity contribution in [2.24, 2.45) is 11.3 Å². The molecule has 3 heteroatoms. The van der Waals surface area contributed by atoms with E-state index >= 15 is 0 Å². The van der Waals surface area contributed by atoms with Gasteiger partial charge < -0.3 is 24.8 Å². The van der Waals surface area contributed by atoms with Crippen LogP contribution in [0.4, 0.5) is 0 Å².